The Morgan fingerprint density at radius 2 is 1.47 bits per heavy atom. The molecule has 0 bridgehead atoms. The number of likely N-dealkylation sites (tertiary alicyclic amines) is 1. The van der Waals surface area contributed by atoms with E-state index in [1.165, 1.54) is 49.2 Å². The number of piperidine rings is 1. The van der Waals surface area contributed by atoms with Crippen LogP contribution in [0.1, 0.15) is 61.0 Å². The zero-order valence-corrected chi connectivity index (χ0v) is 21.1. The van der Waals surface area contributed by atoms with Crippen molar-refractivity contribution in [3.05, 3.63) is 59.2 Å². The van der Waals surface area contributed by atoms with Gasteiger partial charge in [0.15, 0.2) is 0 Å². The minimum atomic E-state index is 0.165. The first-order chi connectivity index (χ1) is 16.7. The van der Waals surface area contributed by atoms with Crippen molar-refractivity contribution in [3.8, 4) is 5.75 Å². The smallest absolute Gasteiger partial charge is 0.253 e. The average Bonchev–Trinajstić information content (AvgIpc) is 2.91. The monoisotopic (exact) mass is 463 g/mol. The number of nitrogens with zero attached hydrogens (tertiary/aromatic N) is 3. The molecule has 0 atom stereocenters. The molecule has 34 heavy (non-hydrogen) atoms. The quantitative estimate of drug-likeness (QED) is 0.489. The van der Waals surface area contributed by atoms with Crippen LogP contribution in [0.2, 0.25) is 0 Å². The Balaban J connectivity index is 1.23. The maximum atomic E-state index is 13.1. The van der Waals surface area contributed by atoms with Gasteiger partial charge in [0.05, 0.1) is 6.61 Å². The van der Waals surface area contributed by atoms with Crippen LogP contribution in [0.15, 0.2) is 42.5 Å². The molecular formula is C29H41N3O2. The van der Waals surface area contributed by atoms with E-state index in [1.807, 2.05) is 4.90 Å². The standard InChI is InChI=1S/C29H41N3O2/c1-3-24-21-25(4-2)23-26(22-24)29(33)32-18-16-31(17-19-32)27-9-11-28(12-10-27)34-20-8-15-30-13-6-5-7-14-30/h9-12,21-23H,3-8,13-20H2,1-2H3. The Hall–Kier alpha value is -2.53. The molecule has 0 spiro atoms. The highest BCUT2D eigenvalue weighted by Gasteiger charge is 2.23. The Morgan fingerprint density at radius 1 is 0.824 bits per heavy atom. The summed E-state index contributed by atoms with van der Waals surface area (Å²) in [5.74, 6) is 1.11. The summed E-state index contributed by atoms with van der Waals surface area (Å²) in [6, 6.07) is 14.8. The second kappa shape index (κ2) is 12.3. The topological polar surface area (TPSA) is 36.0 Å². The van der Waals surface area contributed by atoms with Gasteiger partial charge in [0.2, 0.25) is 0 Å². The molecule has 1 amide bonds. The molecule has 2 saturated heterocycles. The summed E-state index contributed by atoms with van der Waals surface area (Å²) >= 11 is 0. The lowest BCUT2D eigenvalue weighted by Gasteiger charge is -2.36. The van der Waals surface area contributed by atoms with Gasteiger partial charge in [-0.2, -0.15) is 0 Å². The van der Waals surface area contributed by atoms with Crippen molar-refractivity contribution in [1.29, 1.82) is 0 Å². The highest BCUT2D eigenvalue weighted by Crippen LogP contribution is 2.22. The third kappa shape index (κ3) is 6.53. The van der Waals surface area contributed by atoms with E-state index in [4.69, 9.17) is 4.74 Å². The van der Waals surface area contributed by atoms with E-state index in [1.54, 1.807) is 0 Å². The molecule has 0 saturated carbocycles. The molecule has 0 aliphatic carbocycles. The number of rotatable bonds is 9. The molecule has 2 aliphatic heterocycles. The van der Waals surface area contributed by atoms with Gasteiger partial charge >= 0.3 is 0 Å². The zero-order valence-electron chi connectivity index (χ0n) is 21.1. The van der Waals surface area contributed by atoms with Crippen molar-refractivity contribution in [2.45, 2.75) is 52.4 Å². The number of benzene rings is 2. The van der Waals surface area contributed by atoms with E-state index in [-0.39, 0.29) is 5.91 Å². The highest BCUT2D eigenvalue weighted by molar-refractivity contribution is 5.94. The SMILES string of the molecule is CCc1cc(CC)cc(C(=O)N2CCN(c3ccc(OCCCN4CCCCC4)cc3)CC2)c1. The van der Waals surface area contributed by atoms with Crippen LogP contribution in [0.25, 0.3) is 0 Å². The second-order valence-electron chi connectivity index (χ2n) is 9.62. The minimum absolute atomic E-state index is 0.165. The molecule has 2 fully saturated rings. The van der Waals surface area contributed by atoms with Crippen LogP contribution >= 0.6 is 0 Å². The molecule has 2 heterocycles. The van der Waals surface area contributed by atoms with Crippen LogP contribution in [0.4, 0.5) is 5.69 Å². The average molecular weight is 464 g/mol. The van der Waals surface area contributed by atoms with Crippen molar-refractivity contribution in [2.24, 2.45) is 0 Å². The summed E-state index contributed by atoms with van der Waals surface area (Å²) < 4.78 is 5.98. The fraction of sp³-hybridized carbons (Fsp3) is 0.552. The van der Waals surface area contributed by atoms with E-state index in [2.05, 4.69) is 66.1 Å². The molecule has 0 radical (unpaired) electrons. The summed E-state index contributed by atoms with van der Waals surface area (Å²) in [6.07, 6.45) is 7.07. The molecule has 2 aromatic rings. The number of hydrogen-bond donors (Lipinski definition) is 0. The van der Waals surface area contributed by atoms with Gasteiger partial charge in [-0.15, -0.1) is 0 Å². The number of amides is 1. The van der Waals surface area contributed by atoms with Gasteiger partial charge < -0.3 is 19.4 Å². The van der Waals surface area contributed by atoms with Crippen LogP contribution in [0, 0.1) is 0 Å². The predicted molar refractivity (Wildman–Crippen MR) is 140 cm³/mol. The lowest BCUT2D eigenvalue weighted by atomic mass is 10.0. The van der Waals surface area contributed by atoms with Crippen LogP contribution in [0.5, 0.6) is 5.75 Å². The molecule has 0 N–H and O–H groups in total. The van der Waals surface area contributed by atoms with Crippen LogP contribution in [-0.2, 0) is 12.8 Å². The first-order valence-electron chi connectivity index (χ1n) is 13.3. The highest BCUT2D eigenvalue weighted by atomic mass is 16.5. The lowest BCUT2D eigenvalue weighted by Crippen LogP contribution is -2.48. The van der Waals surface area contributed by atoms with E-state index < -0.39 is 0 Å². The van der Waals surface area contributed by atoms with E-state index >= 15 is 0 Å². The van der Waals surface area contributed by atoms with Gasteiger partial charge in [-0.1, -0.05) is 26.3 Å². The Labute approximate surface area is 205 Å². The maximum absolute atomic E-state index is 13.1. The summed E-state index contributed by atoms with van der Waals surface area (Å²) in [5.41, 5.74) is 4.53. The number of anilines is 1. The first kappa shape index (κ1) is 24.6. The van der Waals surface area contributed by atoms with Crippen molar-refractivity contribution in [2.75, 3.05) is 57.3 Å². The normalized spacial score (nSPS) is 17.1. The fourth-order valence-corrected chi connectivity index (χ4v) is 5.06. The van der Waals surface area contributed by atoms with E-state index in [0.717, 1.165) is 69.9 Å². The molecule has 4 rings (SSSR count). The number of piperazine rings is 1. The van der Waals surface area contributed by atoms with Crippen molar-refractivity contribution in [3.63, 3.8) is 0 Å². The number of ether oxygens (including phenoxy) is 1. The summed E-state index contributed by atoms with van der Waals surface area (Å²) in [4.78, 5) is 20.1. The summed E-state index contributed by atoms with van der Waals surface area (Å²) in [6.45, 7) is 11.9. The number of carbonyl (C=O) groups is 1. The third-order valence-electron chi connectivity index (χ3n) is 7.22. The summed E-state index contributed by atoms with van der Waals surface area (Å²) in [5, 5.41) is 0. The van der Waals surface area contributed by atoms with Gasteiger partial charge in [-0.3, -0.25) is 4.79 Å². The molecule has 5 heteroatoms. The minimum Gasteiger partial charge on any atom is -0.494 e. The Bertz CT molecular complexity index is 891. The van der Waals surface area contributed by atoms with Crippen LogP contribution < -0.4 is 9.64 Å². The molecule has 184 valence electrons. The number of carbonyl (C=O) groups excluding carboxylic acids is 1. The van der Waals surface area contributed by atoms with Crippen molar-refractivity contribution < 1.29 is 9.53 Å². The summed E-state index contributed by atoms with van der Waals surface area (Å²) in [7, 11) is 0. The molecule has 0 aromatic heterocycles. The number of hydrogen-bond acceptors (Lipinski definition) is 4. The van der Waals surface area contributed by atoms with Crippen molar-refractivity contribution in [1.82, 2.24) is 9.80 Å². The van der Waals surface area contributed by atoms with E-state index in [9.17, 15) is 4.79 Å². The van der Waals surface area contributed by atoms with Gasteiger partial charge in [0, 0.05) is 44.0 Å². The van der Waals surface area contributed by atoms with Gasteiger partial charge in [0.25, 0.3) is 5.91 Å². The Kier molecular flexibility index (Phi) is 8.86. The molecule has 2 aliphatic rings. The molecule has 0 unspecified atom stereocenters. The second-order valence-corrected chi connectivity index (χ2v) is 9.62. The lowest BCUT2D eigenvalue weighted by molar-refractivity contribution is 0.0746. The first-order valence-corrected chi connectivity index (χ1v) is 13.3. The predicted octanol–water partition coefficient (Wildman–Crippen LogP) is 5.03. The Morgan fingerprint density at radius 3 is 2.09 bits per heavy atom. The van der Waals surface area contributed by atoms with Gasteiger partial charge in [0.1, 0.15) is 5.75 Å². The zero-order chi connectivity index (χ0) is 23.8. The third-order valence-corrected chi connectivity index (χ3v) is 7.22. The van der Waals surface area contributed by atoms with Crippen LogP contribution in [0.3, 0.4) is 0 Å². The largest absolute Gasteiger partial charge is 0.494 e. The van der Waals surface area contributed by atoms with Crippen LogP contribution in [-0.4, -0.2) is 68.1 Å². The number of aryl methyl sites for hydroxylation is 2. The van der Waals surface area contributed by atoms with Gasteiger partial charge in [-0.25, -0.2) is 0 Å². The maximum Gasteiger partial charge on any atom is 0.253 e. The molecule has 5 nitrogen and oxygen atoms in total. The van der Waals surface area contributed by atoms with Gasteiger partial charge in [-0.05, 0) is 92.7 Å². The molecule has 2 aromatic carbocycles. The fourth-order valence-electron chi connectivity index (χ4n) is 5.06. The van der Waals surface area contributed by atoms with Crippen molar-refractivity contribution >= 4 is 11.6 Å². The van der Waals surface area contributed by atoms with E-state index in [0.29, 0.717) is 0 Å². The molecular weight excluding hydrogens is 422 g/mol.